The largest absolute Gasteiger partial charge is 3.00 e. The summed E-state index contributed by atoms with van der Waals surface area (Å²) in [7, 11) is 0. The Labute approximate surface area is 442 Å². The maximum Gasteiger partial charge on any atom is 3.00 e. The number of benzene rings is 7. The van der Waals surface area contributed by atoms with Crippen LogP contribution >= 0.6 is 0 Å². The van der Waals surface area contributed by atoms with Crippen LogP contribution in [0.5, 0.6) is 0 Å². The van der Waals surface area contributed by atoms with Crippen molar-refractivity contribution in [2.24, 2.45) is 0 Å². The Bertz CT molecular complexity index is 3530. The normalized spacial score (nSPS) is 17.5. The molecule has 4 bridgehead atoms. The minimum Gasteiger partial charge on any atom is -0.305 e. The smallest absolute Gasteiger partial charge is 0.305 e. The summed E-state index contributed by atoms with van der Waals surface area (Å²) in [5.74, 6) is 2.43. The minimum absolute atomic E-state index is 0. The van der Waals surface area contributed by atoms with Gasteiger partial charge in [0.05, 0.1) is 0 Å². The van der Waals surface area contributed by atoms with Crippen LogP contribution < -0.4 is 0 Å². The fourth-order valence-electron chi connectivity index (χ4n) is 12.4. The van der Waals surface area contributed by atoms with Gasteiger partial charge < -0.3 is 15.0 Å². The second kappa shape index (κ2) is 19.2. The van der Waals surface area contributed by atoms with Gasteiger partial charge in [-0.3, -0.25) is 0 Å². The van der Waals surface area contributed by atoms with Crippen molar-refractivity contribution in [1.29, 1.82) is 0 Å². The molecule has 0 amide bonds. The Morgan fingerprint density at radius 1 is 0.356 bits per heavy atom. The van der Waals surface area contributed by atoms with Gasteiger partial charge in [0.2, 0.25) is 0 Å². The summed E-state index contributed by atoms with van der Waals surface area (Å²) in [5.41, 5.74) is 27.3. The van der Waals surface area contributed by atoms with E-state index in [4.69, 9.17) is 15.0 Å². The van der Waals surface area contributed by atoms with Gasteiger partial charge in [-0.25, -0.2) is 0 Å². The molecule has 0 N–H and O–H groups in total. The third kappa shape index (κ3) is 8.61. The number of rotatable bonds is 11. The molecule has 0 saturated heterocycles. The zero-order valence-electron chi connectivity index (χ0n) is 40.6. The summed E-state index contributed by atoms with van der Waals surface area (Å²) < 4.78 is 0. The van der Waals surface area contributed by atoms with Crippen molar-refractivity contribution in [2.75, 3.05) is 0 Å². The zero-order valence-corrected chi connectivity index (χ0v) is 43.0. The van der Waals surface area contributed by atoms with E-state index in [0.717, 1.165) is 59.5 Å². The van der Waals surface area contributed by atoms with Crippen LogP contribution in [0.4, 0.5) is 0 Å². The maximum atomic E-state index is 4.88. The molecule has 0 unspecified atom stereocenters. The molecule has 6 aliphatic carbocycles. The summed E-state index contributed by atoms with van der Waals surface area (Å²) >= 11 is 0. The molecule has 3 nitrogen and oxygen atoms in total. The molecular weight excluding hydrogens is 1060 g/mol. The summed E-state index contributed by atoms with van der Waals surface area (Å²) in [6.45, 7) is 0. The second-order valence-corrected chi connectivity index (χ2v) is 20.7. The number of hydrogen-bond donors (Lipinski definition) is 0. The van der Waals surface area contributed by atoms with Crippen molar-refractivity contribution in [3.05, 3.63) is 257 Å². The molecule has 2 saturated carbocycles. The summed E-state index contributed by atoms with van der Waals surface area (Å²) in [6.07, 6.45) is 14.5. The first-order valence-corrected chi connectivity index (χ1v) is 26.0. The van der Waals surface area contributed by atoms with E-state index in [1.807, 2.05) is 18.6 Å². The zero-order chi connectivity index (χ0) is 47.5. The van der Waals surface area contributed by atoms with Crippen molar-refractivity contribution < 1.29 is 20.1 Å². The van der Waals surface area contributed by atoms with E-state index in [9.17, 15) is 0 Å². The van der Waals surface area contributed by atoms with E-state index in [-0.39, 0.29) is 20.1 Å². The predicted molar refractivity (Wildman–Crippen MR) is 292 cm³/mol. The molecule has 6 aliphatic rings. The SMILES string of the molecule is [Ir+3].[c-]1cc(-c2ccccc2-c2cc(CCc3c[c-]c4c(c3)C3CC(C3)c3cccnc3-4)cc(CCc3c[c-]c4c(c3)C3CC(C3)c3cccnc3-4)c2)ccc1-c1cc(-c2ccc(-c3ccccc3)cc2)ccn1. The first-order valence-electron chi connectivity index (χ1n) is 26.0. The number of aromatic nitrogens is 3. The van der Waals surface area contributed by atoms with Gasteiger partial charge in [-0.2, -0.15) is 0 Å². The molecule has 4 heteroatoms. The fourth-order valence-corrected chi connectivity index (χ4v) is 12.4. The Balaban J connectivity index is 0.00000516. The van der Waals surface area contributed by atoms with Crippen LogP contribution in [0.2, 0.25) is 0 Å². The Morgan fingerprint density at radius 3 is 1.44 bits per heavy atom. The molecule has 0 aliphatic heterocycles. The topological polar surface area (TPSA) is 38.7 Å². The number of pyridine rings is 3. The molecule has 0 spiro atoms. The second-order valence-electron chi connectivity index (χ2n) is 20.7. The molecule has 3 aromatic heterocycles. The molecule has 10 aromatic rings. The predicted octanol–water partition coefficient (Wildman–Crippen LogP) is 16.5. The quantitative estimate of drug-likeness (QED) is 0.121. The molecule has 0 atom stereocenters. The number of aryl methyl sites for hydroxylation is 4. The van der Waals surface area contributed by atoms with Gasteiger partial charge in [0.25, 0.3) is 0 Å². The molecule has 352 valence electrons. The summed E-state index contributed by atoms with van der Waals surface area (Å²) in [4.78, 5) is 14.6. The van der Waals surface area contributed by atoms with E-state index in [0.29, 0.717) is 23.7 Å². The van der Waals surface area contributed by atoms with Gasteiger partial charge in [0, 0.05) is 18.6 Å². The van der Waals surface area contributed by atoms with Crippen LogP contribution in [0.1, 0.15) is 93.9 Å². The van der Waals surface area contributed by atoms with E-state index < -0.39 is 0 Å². The molecule has 16 rings (SSSR count). The van der Waals surface area contributed by atoms with Crippen molar-refractivity contribution in [1.82, 2.24) is 15.0 Å². The molecule has 0 radical (unpaired) electrons. The minimum atomic E-state index is 0. The monoisotopic (exact) mass is 1120 g/mol. The van der Waals surface area contributed by atoms with Crippen LogP contribution in [-0.2, 0) is 45.8 Å². The Hall–Kier alpha value is -7.36. The van der Waals surface area contributed by atoms with Crippen LogP contribution in [0.3, 0.4) is 0 Å². The van der Waals surface area contributed by atoms with Crippen LogP contribution in [-0.4, -0.2) is 15.0 Å². The third-order valence-corrected chi connectivity index (χ3v) is 16.4. The summed E-state index contributed by atoms with van der Waals surface area (Å²) in [6, 6.07) is 75.7. The van der Waals surface area contributed by atoms with E-state index in [2.05, 4.69) is 194 Å². The van der Waals surface area contributed by atoms with Gasteiger partial charge in [0.15, 0.2) is 0 Å². The van der Waals surface area contributed by atoms with E-state index in [1.54, 1.807) is 0 Å². The standard InChI is InChI=1S/C69H52N3.Ir/c1-2-8-48(9-3-1)49-20-22-50(23-21-49)53-30-33-70-67(43-53)52-26-24-51(25-27-52)59-10-4-5-11-60(59)54-35-46(16-14-44-18-28-63-65(37-44)57-39-55(40-57)61-12-6-31-71-68(61)63)34-47(36-54)17-15-45-19-29-64-66(38-45)58-41-56(42-58)62-13-7-32-72-69(62)64;/h1-13,18-26,30-38,43,55-58H,14-17,39-42H2;/q-3;+3. The average molecular weight is 1120 g/mol. The molecular formula is C69H52IrN3. The Morgan fingerprint density at radius 2 is 0.863 bits per heavy atom. The van der Waals surface area contributed by atoms with Gasteiger partial charge in [-0.05, 0) is 142 Å². The molecule has 2 fully saturated rings. The first-order chi connectivity index (χ1) is 35.6. The van der Waals surface area contributed by atoms with Crippen LogP contribution in [0.25, 0.3) is 78.3 Å². The van der Waals surface area contributed by atoms with Crippen LogP contribution in [0.15, 0.2) is 195 Å². The van der Waals surface area contributed by atoms with Crippen molar-refractivity contribution in [3.8, 4) is 78.3 Å². The molecule has 7 aromatic carbocycles. The van der Waals surface area contributed by atoms with Gasteiger partial charge in [-0.15, -0.1) is 99.6 Å². The third-order valence-electron chi connectivity index (χ3n) is 16.4. The van der Waals surface area contributed by atoms with Gasteiger partial charge in [0.1, 0.15) is 0 Å². The number of hydrogen-bond acceptors (Lipinski definition) is 3. The fraction of sp³-hybridized carbons (Fsp3) is 0.174. The summed E-state index contributed by atoms with van der Waals surface area (Å²) in [5, 5.41) is 0. The average Bonchev–Trinajstić information content (AvgIpc) is 3.78. The van der Waals surface area contributed by atoms with Crippen molar-refractivity contribution in [3.63, 3.8) is 0 Å². The maximum absolute atomic E-state index is 4.88. The van der Waals surface area contributed by atoms with Gasteiger partial charge >= 0.3 is 20.1 Å². The van der Waals surface area contributed by atoms with Gasteiger partial charge in [-0.1, -0.05) is 150 Å². The van der Waals surface area contributed by atoms with E-state index >= 15 is 0 Å². The molecule has 73 heavy (non-hydrogen) atoms. The number of nitrogens with zero attached hydrogens (tertiary/aromatic N) is 3. The molecule has 3 heterocycles. The van der Waals surface area contributed by atoms with Crippen molar-refractivity contribution in [2.45, 2.75) is 75.0 Å². The first kappa shape index (κ1) is 45.5. The van der Waals surface area contributed by atoms with Crippen molar-refractivity contribution >= 4 is 0 Å². The van der Waals surface area contributed by atoms with E-state index in [1.165, 1.54) is 115 Å². The van der Waals surface area contributed by atoms with Crippen LogP contribution in [0, 0.1) is 18.2 Å². The Kier molecular flexibility index (Phi) is 12.0.